The first-order valence-electron chi connectivity index (χ1n) is 5.97. The monoisotopic (exact) mass is 227 g/mol. The molecule has 1 atom stereocenters. The number of rotatable bonds is 4. The molecule has 0 saturated carbocycles. The van der Waals surface area contributed by atoms with Gasteiger partial charge in [-0.1, -0.05) is 49.4 Å². The molecule has 0 aromatic heterocycles. The Morgan fingerprint density at radius 3 is 2.65 bits per heavy atom. The molecule has 2 nitrogen and oxygen atoms in total. The van der Waals surface area contributed by atoms with E-state index in [0.717, 1.165) is 5.56 Å². The molecular weight excluding hydrogens is 210 g/mol. The third-order valence-corrected chi connectivity index (χ3v) is 3.08. The molecule has 0 spiro atoms. The molecule has 2 heteroatoms. The summed E-state index contributed by atoms with van der Waals surface area (Å²) in [5, 5.41) is 2.38. The smallest absolute Gasteiger partial charge is 0.149 e. The van der Waals surface area contributed by atoms with Crippen molar-refractivity contribution in [3.8, 4) is 0 Å². The summed E-state index contributed by atoms with van der Waals surface area (Å²) in [6.45, 7) is 1.85. The molecule has 88 valence electrons. The minimum atomic E-state index is -0.384. The van der Waals surface area contributed by atoms with E-state index in [1.165, 1.54) is 10.8 Å². The molecule has 0 saturated heterocycles. The highest BCUT2D eigenvalue weighted by atomic mass is 16.1. The van der Waals surface area contributed by atoms with Crippen LogP contribution in [0.5, 0.6) is 0 Å². The van der Waals surface area contributed by atoms with Gasteiger partial charge in [0.2, 0.25) is 0 Å². The van der Waals surface area contributed by atoms with Gasteiger partial charge in [-0.15, -0.1) is 0 Å². The van der Waals surface area contributed by atoms with Crippen molar-refractivity contribution in [3.05, 3.63) is 48.0 Å². The zero-order valence-electron chi connectivity index (χ0n) is 10.0. The summed E-state index contributed by atoms with van der Waals surface area (Å²) in [7, 11) is 0. The number of fused-ring (bicyclic) bond motifs is 1. The predicted molar refractivity (Wildman–Crippen MR) is 70.9 cm³/mol. The first-order chi connectivity index (χ1) is 8.22. The van der Waals surface area contributed by atoms with E-state index < -0.39 is 0 Å². The maximum absolute atomic E-state index is 11.5. The SMILES string of the molecule is CCC(=O)C(N)Cc1cccc2ccccc12. The van der Waals surface area contributed by atoms with E-state index in [4.69, 9.17) is 5.73 Å². The van der Waals surface area contributed by atoms with Gasteiger partial charge in [0, 0.05) is 6.42 Å². The summed E-state index contributed by atoms with van der Waals surface area (Å²) in [5.41, 5.74) is 7.05. The lowest BCUT2D eigenvalue weighted by molar-refractivity contribution is -0.119. The Hall–Kier alpha value is -1.67. The molecule has 0 heterocycles. The van der Waals surface area contributed by atoms with E-state index in [0.29, 0.717) is 12.8 Å². The fourth-order valence-corrected chi connectivity index (χ4v) is 2.08. The zero-order chi connectivity index (χ0) is 12.3. The van der Waals surface area contributed by atoms with Crippen LogP contribution >= 0.6 is 0 Å². The lowest BCUT2D eigenvalue weighted by atomic mass is 9.97. The maximum Gasteiger partial charge on any atom is 0.149 e. The third kappa shape index (κ3) is 2.53. The minimum absolute atomic E-state index is 0.123. The van der Waals surface area contributed by atoms with Crippen LogP contribution in [0.1, 0.15) is 18.9 Å². The van der Waals surface area contributed by atoms with E-state index in [1.54, 1.807) is 0 Å². The number of nitrogens with two attached hydrogens (primary N) is 1. The molecule has 0 aliphatic heterocycles. The average Bonchev–Trinajstić information content (AvgIpc) is 2.38. The Morgan fingerprint density at radius 1 is 1.18 bits per heavy atom. The van der Waals surface area contributed by atoms with Crippen LogP contribution in [0, 0.1) is 0 Å². The second-order valence-electron chi connectivity index (χ2n) is 4.27. The number of benzene rings is 2. The quantitative estimate of drug-likeness (QED) is 0.872. The zero-order valence-corrected chi connectivity index (χ0v) is 10.0. The molecular formula is C15H17NO. The average molecular weight is 227 g/mol. The summed E-state index contributed by atoms with van der Waals surface area (Å²) in [6, 6.07) is 13.9. The van der Waals surface area contributed by atoms with Crippen LogP contribution in [-0.4, -0.2) is 11.8 Å². The number of hydrogen-bond acceptors (Lipinski definition) is 2. The molecule has 0 aliphatic rings. The van der Waals surface area contributed by atoms with Crippen LogP contribution in [0.4, 0.5) is 0 Å². The number of ketones is 1. The number of hydrogen-bond donors (Lipinski definition) is 1. The van der Waals surface area contributed by atoms with Crippen LogP contribution in [0.25, 0.3) is 10.8 Å². The van der Waals surface area contributed by atoms with Crippen LogP contribution < -0.4 is 5.73 Å². The van der Waals surface area contributed by atoms with Gasteiger partial charge in [-0.25, -0.2) is 0 Å². The lowest BCUT2D eigenvalue weighted by Crippen LogP contribution is -2.32. The van der Waals surface area contributed by atoms with E-state index in [2.05, 4.69) is 18.2 Å². The van der Waals surface area contributed by atoms with Gasteiger partial charge in [0.25, 0.3) is 0 Å². The summed E-state index contributed by atoms with van der Waals surface area (Å²) >= 11 is 0. The van der Waals surface area contributed by atoms with Crippen molar-refractivity contribution in [1.82, 2.24) is 0 Å². The molecule has 0 aliphatic carbocycles. The molecule has 2 N–H and O–H groups in total. The highest BCUT2D eigenvalue weighted by Crippen LogP contribution is 2.19. The summed E-state index contributed by atoms with van der Waals surface area (Å²) < 4.78 is 0. The van der Waals surface area contributed by atoms with Gasteiger partial charge in [-0.2, -0.15) is 0 Å². The fraction of sp³-hybridized carbons (Fsp3) is 0.267. The molecule has 1 unspecified atom stereocenters. The molecule has 0 radical (unpaired) electrons. The third-order valence-electron chi connectivity index (χ3n) is 3.08. The molecule has 0 bridgehead atoms. The van der Waals surface area contributed by atoms with E-state index >= 15 is 0 Å². The van der Waals surface area contributed by atoms with Crippen molar-refractivity contribution in [2.75, 3.05) is 0 Å². The van der Waals surface area contributed by atoms with Crippen molar-refractivity contribution in [1.29, 1.82) is 0 Å². The van der Waals surface area contributed by atoms with Crippen molar-refractivity contribution in [3.63, 3.8) is 0 Å². The number of Topliss-reactive ketones (excluding diaryl/α,β-unsaturated/α-hetero) is 1. The Labute approximate surface area is 101 Å². The highest BCUT2D eigenvalue weighted by molar-refractivity contribution is 5.88. The Balaban J connectivity index is 2.33. The fourth-order valence-electron chi connectivity index (χ4n) is 2.08. The summed E-state index contributed by atoms with van der Waals surface area (Å²) in [4.78, 5) is 11.5. The minimum Gasteiger partial charge on any atom is -0.321 e. The lowest BCUT2D eigenvalue weighted by Gasteiger charge is -2.11. The van der Waals surface area contributed by atoms with Crippen LogP contribution in [-0.2, 0) is 11.2 Å². The van der Waals surface area contributed by atoms with Gasteiger partial charge in [-0.3, -0.25) is 4.79 Å². The normalized spacial score (nSPS) is 12.6. The topological polar surface area (TPSA) is 43.1 Å². The molecule has 2 aromatic carbocycles. The van der Waals surface area contributed by atoms with Crippen LogP contribution in [0.15, 0.2) is 42.5 Å². The Morgan fingerprint density at radius 2 is 1.88 bits per heavy atom. The van der Waals surface area contributed by atoms with Crippen LogP contribution in [0.2, 0.25) is 0 Å². The first-order valence-corrected chi connectivity index (χ1v) is 5.97. The Kier molecular flexibility index (Phi) is 3.55. The predicted octanol–water partition coefficient (Wildman–Crippen LogP) is 2.69. The first kappa shape index (κ1) is 11.8. The van der Waals surface area contributed by atoms with Gasteiger partial charge in [0.05, 0.1) is 6.04 Å². The number of carbonyl (C=O) groups is 1. The van der Waals surface area contributed by atoms with E-state index in [-0.39, 0.29) is 11.8 Å². The van der Waals surface area contributed by atoms with Crippen LogP contribution in [0.3, 0.4) is 0 Å². The molecule has 2 aromatic rings. The van der Waals surface area contributed by atoms with Crippen molar-refractivity contribution in [2.24, 2.45) is 5.73 Å². The second-order valence-corrected chi connectivity index (χ2v) is 4.27. The standard InChI is InChI=1S/C15H17NO/c1-2-15(17)14(16)10-12-8-5-7-11-6-3-4-9-13(11)12/h3-9,14H,2,10,16H2,1H3. The second kappa shape index (κ2) is 5.11. The van der Waals surface area contributed by atoms with E-state index in [9.17, 15) is 4.79 Å². The van der Waals surface area contributed by atoms with Crippen molar-refractivity contribution < 1.29 is 4.79 Å². The van der Waals surface area contributed by atoms with Crippen molar-refractivity contribution in [2.45, 2.75) is 25.8 Å². The van der Waals surface area contributed by atoms with Crippen molar-refractivity contribution >= 4 is 16.6 Å². The summed E-state index contributed by atoms with van der Waals surface area (Å²) in [5.74, 6) is 0.123. The van der Waals surface area contributed by atoms with E-state index in [1.807, 2.05) is 31.2 Å². The van der Waals surface area contributed by atoms with Gasteiger partial charge in [0.15, 0.2) is 0 Å². The molecule has 0 fully saturated rings. The Bertz CT molecular complexity index is 528. The molecule has 17 heavy (non-hydrogen) atoms. The number of carbonyl (C=O) groups excluding carboxylic acids is 1. The molecule has 0 amide bonds. The molecule has 2 rings (SSSR count). The van der Waals surface area contributed by atoms with Gasteiger partial charge in [0.1, 0.15) is 5.78 Å². The maximum atomic E-state index is 11.5. The summed E-state index contributed by atoms with van der Waals surface area (Å²) in [6.07, 6.45) is 1.12. The van der Waals surface area contributed by atoms with Gasteiger partial charge < -0.3 is 5.73 Å². The van der Waals surface area contributed by atoms with Gasteiger partial charge >= 0.3 is 0 Å². The largest absolute Gasteiger partial charge is 0.321 e. The van der Waals surface area contributed by atoms with Gasteiger partial charge in [-0.05, 0) is 22.8 Å². The highest BCUT2D eigenvalue weighted by Gasteiger charge is 2.13.